The zero-order chi connectivity index (χ0) is 14.3. The minimum atomic E-state index is -1.05. The molecule has 100 valence electrons. The summed E-state index contributed by atoms with van der Waals surface area (Å²) in [5.74, 6) is 4.76. The van der Waals surface area contributed by atoms with Gasteiger partial charge in [-0.1, -0.05) is 11.8 Å². The molecule has 1 rings (SSSR count). The summed E-state index contributed by atoms with van der Waals surface area (Å²) < 4.78 is 5.02. The van der Waals surface area contributed by atoms with Crippen LogP contribution in [0.4, 0.5) is 0 Å². The van der Waals surface area contributed by atoms with Gasteiger partial charge in [0, 0.05) is 6.08 Å². The molecule has 0 fully saturated rings. The van der Waals surface area contributed by atoms with Crippen LogP contribution in [0, 0.1) is 11.8 Å². The Kier molecular flexibility index (Phi) is 5.45. The lowest BCUT2D eigenvalue weighted by atomic mass is 10.1. The summed E-state index contributed by atoms with van der Waals surface area (Å²) >= 11 is 0. The number of phenolic OH excluding ortho intramolecular Hbond substituents is 1. The van der Waals surface area contributed by atoms with Crippen LogP contribution in [0.2, 0.25) is 0 Å². The predicted octanol–water partition coefficient (Wildman–Crippen LogP) is 1.07. The summed E-state index contributed by atoms with van der Waals surface area (Å²) in [6.07, 6.45) is 2.42. The van der Waals surface area contributed by atoms with Gasteiger partial charge < -0.3 is 20.3 Å². The number of methoxy groups -OCH3 is 1. The number of carboxylic acids is 1. The first-order chi connectivity index (χ1) is 9.08. The fourth-order valence-electron chi connectivity index (χ4n) is 1.37. The van der Waals surface area contributed by atoms with Gasteiger partial charge in [0.05, 0.1) is 19.2 Å². The second kappa shape index (κ2) is 7.09. The Bertz CT molecular complexity index is 553. The van der Waals surface area contributed by atoms with Crippen molar-refractivity contribution in [1.82, 2.24) is 5.32 Å². The number of carbonyl (C=O) groups is 1. The van der Waals surface area contributed by atoms with Crippen LogP contribution < -0.4 is 10.1 Å². The SMILES string of the molecule is CNCC#Cc1cc(C=CC(=O)O)cc(OC)c1O. The Morgan fingerprint density at radius 3 is 2.84 bits per heavy atom. The highest BCUT2D eigenvalue weighted by Crippen LogP contribution is 2.31. The van der Waals surface area contributed by atoms with Crippen LogP contribution >= 0.6 is 0 Å². The summed E-state index contributed by atoms with van der Waals surface area (Å²) in [7, 11) is 3.19. The lowest BCUT2D eigenvalue weighted by Gasteiger charge is -2.06. The van der Waals surface area contributed by atoms with E-state index in [0.29, 0.717) is 17.7 Å². The highest BCUT2D eigenvalue weighted by Gasteiger charge is 2.08. The van der Waals surface area contributed by atoms with Crippen molar-refractivity contribution in [3.05, 3.63) is 29.3 Å². The molecule has 5 heteroatoms. The van der Waals surface area contributed by atoms with Gasteiger partial charge in [0.25, 0.3) is 0 Å². The molecule has 0 unspecified atom stereocenters. The van der Waals surface area contributed by atoms with E-state index in [1.807, 2.05) is 0 Å². The molecule has 0 heterocycles. The van der Waals surface area contributed by atoms with E-state index < -0.39 is 5.97 Å². The maximum Gasteiger partial charge on any atom is 0.328 e. The third-order valence-corrected chi connectivity index (χ3v) is 2.22. The van der Waals surface area contributed by atoms with Gasteiger partial charge in [-0.2, -0.15) is 0 Å². The first-order valence-electron chi connectivity index (χ1n) is 5.54. The second-order valence-corrected chi connectivity index (χ2v) is 3.62. The minimum absolute atomic E-state index is 0.0569. The van der Waals surface area contributed by atoms with Crippen LogP contribution in [0.1, 0.15) is 11.1 Å². The minimum Gasteiger partial charge on any atom is -0.503 e. The maximum absolute atomic E-state index is 10.5. The van der Waals surface area contributed by atoms with Crippen molar-refractivity contribution in [1.29, 1.82) is 0 Å². The fourth-order valence-corrected chi connectivity index (χ4v) is 1.37. The molecular formula is C14H15NO4. The molecule has 0 spiro atoms. The first-order valence-corrected chi connectivity index (χ1v) is 5.54. The molecule has 1 aromatic carbocycles. The van der Waals surface area contributed by atoms with Crippen LogP contribution in [0.3, 0.4) is 0 Å². The number of ether oxygens (including phenoxy) is 1. The number of hydrogen-bond donors (Lipinski definition) is 3. The smallest absolute Gasteiger partial charge is 0.328 e. The number of carboxylic acid groups (broad SMARTS) is 1. The van der Waals surface area contributed by atoms with Crippen molar-refractivity contribution in [2.75, 3.05) is 20.7 Å². The molecule has 1 aromatic rings. The van der Waals surface area contributed by atoms with Gasteiger partial charge >= 0.3 is 5.97 Å². The lowest BCUT2D eigenvalue weighted by molar-refractivity contribution is -0.131. The summed E-state index contributed by atoms with van der Waals surface area (Å²) in [4.78, 5) is 10.5. The quantitative estimate of drug-likeness (QED) is 0.558. The Morgan fingerprint density at radius 2 is 2.26 bits per heavy atom. The highest BCUT2D eigenvalue weighted by atomic mass is 16.5. The largest absolute Gasteiger partial charge is 0.503 e. The van der Waals surface area contributed by atoms with E-state index in [1.165, 1.54) is 19.3 Å². The van der Waals surface area contributed by atoms with Crippen molar-refractivity contribution in [3.8, 4) is 23.3 Å². The van der Waals surface area contributed by atoms with Gasteiger partial charge in [-0.15, -0.1) is 0 Å². The maximum atomic E-state index is 10.5. The Hall–Kier alpha value is -2.45. The van der Waals surface area contributed by atoms with E-state index in [9.17, 15) is 9.90 Å². The number of benzene rings is 1. The van der Waals surface area contributed by atoms with Crippen LogP contribution in [0.15, 0.2) is 18.2 Å². The van der Waals surface area contributed by atoms with Crippen molar-refractivity contribution in [2.45, 2.75) is 0 Å². The van der Waals surface area contributed by atoms with Gasteiger partial charge in [-0.3, -0.25) is 0 Å². The molecule has 0 aliphatic rings. The molecule has 0 aliphatic heterocycles. The molecule has 5 nitrogen and oxygen atoms in total. The van der Waals surface area contributed by atoms with Crippen LogP contribution in [-0.2, 0) is 4.79 Å². The van der Waals surface area contributed by atoms with Crippen molar-refractivity contribution < 1.29 is 19.7 Å². The number of aliphatic carboxylic acids is 1. The summed E-state index contributed by atoms with van der Waals surface area (Å²) in [5, 5.41) is 21.4. The van der Waals surface area contributed by atoms with E-state index >= 15 is 0 Å². The molecule has 0 atom stereocenters. The predicted molar refractivity (Wildman–Crippen MR) is 72.1 cm³/mol. The van der Waals surface area contributed by atoms with Crippen LogP contribution in [0.5, 0.6) is 11.5 Å². The molecule has 0 saturated carbocycles. The molecule has 0 amide bonds. The number of rotatable bonds is 4. The van der Waals surface area contributed by atoms with Gasteiger partial charge in [0.2, 0.25) is 0 Å². The number of phenols is 1. The summed E-state index contributed by atoms with van der Waals surface area (Å²) in [5.41, 5.74) is 0.977. The lowest BCUT2D eigenvalue weighted by Crippen LogP contribution is -2.04. The molecular weight excluding hydrogens is 246 g/mol. The van der Waals surface area contributed by atoms with Gasteiger partial charge in [0.15, 0.2) is 11.5 Å². The molecule has 0 aliphatic carbocycles. The number of nitrogens with one attached hydrogen (secondary N) is 1. The summed E-state index contributed by atoms with van der Waals surface area (Å²) in [6, 6.07) is 3.14. The van der Waals surface area contributed by atoms with Crippen molar-refractivity contribution in [2.24, 2.45) is 0 Å². The molecule has 19 heavy (non-hydrogen) atoms. The Morgan fingerprint density at radius 1 is 1.53 bits per heavy atom. The van der Waals surface area contributed by atoms with E-state index in [4.69, 9.17) is 9.84 Å². The molecule has 0 aromatic heterocycles. The molecule has 0 bridgehead atoms. The van der Waals surface area contributed by atoms with Gasteiger partial charge in [0.1, 0.15) is 0 Å². The van der Waals surface area contributed by atoms with Crippen LogP contribution in [-0.4, -0.2) is 36.9 Å². The van der Waals surface area contributed by atoms with Crippen molar-refractivity contribution in [3.63, 3.8) is 0 Å². The number of hydrogen-bond acceptors (Lipinski definition) is 4. The normalized spacial score (nSPS) is 10.0. The second-order valence-electron chi connectivity index (χ2n) is 3.62. The van der Waals surface area contributed by atoms with E-state index in [2.05, 4.69) is 17.2 Å². The van der Waals surface area contributed by atoms with Crippen molar-refractivity contribution >= 4 is 12.0 Å². The molecule has 0 saturated heterocycles. The molecule has 0 radical (unpaired) electrons. The standard InChI is InChI=1S/C14H15NO4/c1-15-7-3-4-11-8-10(5-6-13(16)17)9-12(19-2)14(11)18/h5-6,8-9,15,18H,7H2,1-2H3,(H,16,17). The topological polar surface area (TPSA) is 78.8 Å². The highest BCUT2D eigenvalue weighted by molar-refractivity contribution is 5.85. The number of aromatic hydroxyl groups is 1. The summed E-state index contributed by atoms with van der Waals surface area (Å²) in [6.45, 7) is 0.483. The van der Waals surface area contributed by atoms with Crippen LogP contribution in [0.25, 0.3) is 6.08 Å². The Labute approximate surface area is 111 Å². The third kappa shape index (κ3) is 4.37. The van der Waals surface area contributed by atoms with E-state index in [0.717, 1.165) is 6.08 Å². The first kappa shape index (κ1) is 14.6. The average molecular weight is 261 g/mol. The van der Waals surface area contributed by atoms with Gasteiger partial charge in [-0.25, -0.2) is 4.79 Å². The monoisotopic (exact) mass is 261 g/mol. The Balaban J connectivity index is 3.19. The zero-order valence-corrected chi connectivity index (χ0v) is 10.7. The molecule has 3 N–H and O–H groups in total. The van der Waals surface area contributed by atoms with Gasteiger partial charge in [-0.05, 0) is 30.8 Å². The van der Waals surface area contributed by atoms with E-state index in [-0.39, 0.29) is 11.5 Å². The van der Waals surface area contributed by atoms with E-state index in [1.54, 1.807) is 13.1 Å². The fraction of sp³-hybridized carbons (Fsp3) is 0.214. The average Bonchev–Trinajstić information content (AvgIpc) is 2.39. The zero-order valence-electron chi connectivity index (χ0n) is 10.7. The third-order valence-electron chi connectivity index (χ3n) is 2.22.